The van der Waals surface area contributed by atoms with Gasteiger partial charge in [0.1, 0.15) is 23.9 Å². The Morgan fingerprint density at radius 2 is 2.00 bits per heavy atom. The van der Waals surface area contributed by atoms with Gasteiger partial charge in [0.25, 0.3) is 0 Å². The van der Waals surface area contributed by atoms with Crippen molar-refractivity contribution in [3.63, 3.8) is 0 Å². The predicted molar refractivity (Wildman–Crippen MR) is 145 cm³/mol. The van der Waals surface area contributed by atoms with Crippen LogP contribution in [0.3, 0.4) is 0 Å². The van der Waals surface area contributed by atoms with Gasteiger partial charge in [0.05, 0.1) is 29.7 Å². The molecule has 2 aromatic carbocycles. The minimum atomic E-state index is -0.251. The number of likely N-dealkylation sites (tertiary alicyclic amines) is 1. The summed E-state index contributed by atoms with van der Waals surface area (Å²) in [4.78, 5) is 6.38. The number of halogens is 1. The maximum Gasteiger partial charge on any atom is 0.131 e. The number of methoxy groups -OCH3 is 1. The monoisotopic (exact) mass is 527 g/mol. The van der Waals surface area contributed by atoms with Gasteiger partial charge in [-0.2, -0.15) is 5.10 Å². The normalized spacial score (nSPS) is 16.1. The van der Waals surface area contributed by atoms with E-state index in [0.29, 0.717) is 31.1 Å². The third-order valence-electron chi connectivity index (χ3n) is 7.20. The summed E-state index contributed by atoms with van der Waals surface area (Å²) in [5, 5.41) is 17.6. The second-order valence-corrected chi connectivity index (χ2v) is 9.76. The van der Waals surface area contributed by atoms with Gasteiger partial charge < -0.3 is 9.47 Å². The Balaban J connectivity index is 1.19. The van der Waals surface area contributed by atoms with Gasteiger partial charge in [0.2, 0.25) is 0 Å². The Hall–Kier alpha value is -4.15. The Morgan fingerprint density at radius 3 is 2.87 bits per heavy atom. The van der Waals surface area contributed by atoms with Crippen molar-refractivity contribution in [3.05, 3.63) is 84.2 Å². The summed E-state index contributed by atoms with van der Waals surface area (Å²) in [6.45, 7) is 2.99. The van der Waals surface area contributed by atoms with Gasteiger partial charge >= 0.3 is 0 Å². The molecule has 0 radical (unpaired) electrons. The lowest BCUT2D eigenvalue weighted by atomic mass is 9.95. The molecule has 10 heteroatoms. The van der Waals surface area contributed by atoms with Crippen molar-refractivity contribution in [2.45, 2.75) is 25.3 Å². The number of pyridine rings is 1. The molecule has 3 aromatic heterocycles. The van der Waals surface area contributed by atoms with Crippen molar-refractivity contribution in [3.8, 4) is 22.7 Å². The highest BCUT2D eigenvalue weighted by molar-refractivity contribution is 5.94. The Kier molecular flexibility index (Phi) is 7.29. The van der Waals surface area contributed by atoms with Gasteiger partial charge in [-0.3, -0.25) is 15.0 Å². The number of hydrogen-bond acceptors (Lipinski definition) is 7. The number of rotatable bonds is 9. The van der Waals surface area contributed by atoms with E-state index in [0.717, 1.165) is 59.5 Å². The van der Waals surface area contributed by atoms with Crippen molar-refractivity contribution in [2.75, 3.05) is 33.4 Å². The number of H-pyrrole nitrogens is 1. The second kappa shape index (κ2) is 11.3. The summed E-state index contributed by atoms with van der Waals surface area (Å²) >= 11 is 0. The van der Waals surface area contributed by atoms with Gasteiger partial charge in [0, 0.05) is 55.0 Å². The molecule has 0 bridgehead atoms. The maximum absolute atomic E-state index is 14.8. The van der Waals surface area contributed by atoms with Crippen LogP contribution in [0.1, 0.15) is 30.0 Å². The minimum Gasteiger partial charge on any atom is -0.491 e. The molecular formula is C29H30FN7O2. The van der Waals surface area contributed by atoms with Crippen LogP contribution in [0, 0.1) is 5.82 Å². The fourth-order valence-corrected chi connectivity index (χ4v) is 5.19. The van der Waals surface area contributed by atoms with Crippen LogP contribution in [0.15, 0.2) is 67.1 Å². The Bertz CT molecular complexity index is 1550. The van der Waals surface area contributed by atoms with Gasteiger partial charge in [-0.25, -0.2) is 9.07 Å². The zero-order valence-electron chi connectivity index (χ0n) is 21.8. The van der Waals surface area contributed by atoms with Crippen LogP contribution >= 0.6 is 0 Å². The molecule has 4 heterocycles. The molecule has 5 aromatic rings. The molecular weight excluding hydrogens is 497 g/mol. The van der Waals surface area contributed by atoms with Crippen molar-refractivity contribution in [2.24, 2.45) is 0 Å². The first kappa shape index (κ1) is 25.1. The number of nitrogens with one attached hydrogen (secondary N) is 1. The predicted octanol–water partition coefficient (Wildman–Crippen LogP) is 4.75. The lowest BCUT2D eigenvalue weighted by Gasteiger charge is -2.32. The van der Waals surface area contributed by atoms with Crippen LogP contribution in [0.25, 0.3) is 27.8 Å². The molecule has 1 N–H and O–H groups in total. The highest BCUT2D eigenvalue weighted by Crippen LogP contribution is 2.31. The molecule has 0 saturated carbocycles. The molecule has 1 fully saturated rings. The molecule has 0 aliphatic carbocycles. The highest BCUT2D eigenvalue weighted by Gasteiger charge is 2.25. The number of piperidine rings is 1. The van der Waals surface area contributed by atoms with Crippen molar-refractivity contribution >= 4 is 10.9 Å². The lowest BCUT2D eigenvalue weighted by molar-refractivity contribution is 0.143. The van der Waals surface area contributed by atoms with E-state index in [1.165, 1.54) is 6.07 Å². The number of aromatic amines is 1. The van der Waals surface area contributed by atoms with Crippen LogP contribution < -0.4 is 4.74 Å². The van der Waals surface area contributed by atoms with Gasteiger partial charge in [-0.05, 0) is 61.9 Å². The molecule has 0 amide bonds. The van der Waals surface area contributed by atoms with Crippen molar-refractivity contribution in [1.29, 1.82) is 0 Å². The number of hydrogen-bond donors (Lipinski definition) is 1. The molecule has 1 aliphatic rings. The van der Waals surface area contributed by atoms with E-state index in [2.05, 4.69) is 36.5 Å². The SMILES string of the molecule is COCCOc1cccc(F)c1CN1CCC[C@@H](c2cn(-c3ccc4[nH]nc(-c5ccncc5)c4c3)nn2)C1. The summed E-state index contributed by atoms with van der Waals surface area (Å²) in [6.07, 6.45) is 7.54. The molecule has 1 atom stereocenters. The summed E-state index contributed by atoms with van der Waals surface area (Å²) in [6, 6.07) is 15.0. The average Bonchev–Trinajstić information content (AvgIpc) is 3.63. The van der Waals surface area contributed by atoms with Gasteiger partial charge in [-0.1, -0.05) is 11.3 Å². The van der Waals surface area contributed by atoms with E-state index in [1.807, 2.05) is 41.2 Å². The van der Waals surface area contributed by atoms with Crippen LogP contribution in [0.2, 0.25) is 0 Å². The first-order chi connectivity index (χ1) is 19.2. The molecule has 0 unspecified atom stereocenters. The fraction of sp³-hybridized carbons (Fsp3) is 0.310. The highest BCUT2D eigenvalue weighted by atomic mass is 19.1. The average molecular weight is 528 g/mol. The number of benzene rings is 2. The summed E-state index contributed by atoms with van der Waals surface area (Å²) in [5.74, 6) is 0.529. The Morgan fingerprint density at radius 1 is 1.10 bits per heavy atom. The van der Waals surface area contributed by atoms with Crippen molar-refractivity contribution in [1.82, 2.24) is 35.1 Å². The molecule has 200 valence electrons. The van der Waals surface area contributed by atoms with E-state index in [-0.39, 0.29) is 11.7 Å². The van der Waals surface area contributed by atoms with E-state index in [4.69, 9.17) is 9.47 Å². The zero-order valence-corrected chi connectivity index (χ0v) is 21.8. The third kappa shape index (κ3) is 5.39. The molecule has 6 rings (SSSR count). The quantitative estimate of drug-likeness (QED) is 0.277. The van der Waals surface area contributed by atoms with Crippen LogP contribution in [0.5, 0.6) is 5.75 Å². The zero-order chi connectivity index (χ0) is 26.6. The molecule has 0 spiro atoms. The number of aromatic nitrogens is 6. The Labute approximate surface area is 225 Å². The fourth-order valence-electron chi connectivity index (χ4n) is 5.19. The van der Waals surface area contributed by atoms with E-state index in [9.17, 15) is 4.39 Å². The third-order valence-corrected chi connectivity index (χ3v) is 7.20. The minimum absolute atomic E-state index is 0.210. The number of fused-ring (bicyclic) bond motifs is 1. The number of ether oxygens (including phenoxy) is 2. The first-order valence-corrected chi connectivity index (χ1v) is 13.1. The molecule has 39 heavy (non-hydrogen) atoms. The number of nitrogens with zero attached hydrogens (tertiary/aromatic N) is 6. The molecule has 1 aliphatic heterocycles. The van der Waals surface area contributed by atoms with E-state index in [1.54, 1.807) is 25.6 Å². The summed E-state index contributed by atoms with van der Waals surface area (Å²) in [5.41, 5.74) is 5.25. The molecule has 9 nitrogen and oxygen atoms in total. The van der Waals surface area contributed by atoms with Crippen LogP contribution in [0.4, 0.5) is 4.39 Å². The standard InChI is InChI=1S/C29H30FN7O2/c1-38-14-15-39-28-6-2-5-25(30)24(28)18-36-13-3-4-21(17-36)27-19-37(35-33-27)22-7-8-26-23(16-22)29(34-32-26)20-9-11-31-12-10-20/h2,5-12,16,19,21H,3-4,13-15,17-18H2,1H3,(H,32,34)/t21-/m1/s1. The van der Waals surface area contributed by atoms with Gasteiger partial charge in [0.15, 0.2) is 0 Å². The van der Waals surface area contributed by atoms with Gasteiger partial charge in [-0.15, -0.1) is 5.10 Å². The topological polar surface area (TPSA) is 94.0 Å². The van der Waals surface area contributed by atoms with Crippen LogP contribution in [-0.4, -0.2) is 68.5 Å². The smallest absolute Gasteiger partial charge is 0.131 e. The summed E-state index contributed by atoms with van der Waals surface area (Å²) in [7, 11) is 1.62. The second-order valence-electron chi connectivity index (χ2n) is 9.76. The summed E-state index contributed by atoms with van der Waals surface area (Å²) < 4.78 is 27.5. The largest absolute Gasteiger partial charge is 0.491 e. The lowest BCUT2D eigenvalue weighted by Crippen LogP contribution is -2.34. The first-order valence-electron chi connectivity index (χ1n) is 13.1. The maximum atomic E-state index is 14.8. The van der Waals surface area contributed by atoms with Crippen LogP contribution in [-0.2, 0) is 11.3 Å². The van der Waals surface area contributed by atoms with E-state index >= 15 is 0 Å². The van der Waals surface area contributed by atoms with Crippen molar-refractivity contribution < 1.29 is 13.9 Å². The molecule has 1 saturated heterocycles. The van der Waals surface area contributed by atoms with E-state index < -0.39 is 0 Å².